The molecule has 6 nitrogen and oxygen atoms in total. The van der Waals surface area contributed by atoms with Crippen LogP contribution < -0.4 is 0 Å². The van der Waals surface area contributed by atoms with Crippen molar-refractivity contribution < 1.29 is 0 Å². The summed E-state index contributed by atoms with van der Waals surface area (Å²) >= 11 is 0. The first-order valence-corrected chi connectivity index (χ1v) is 26.9. The molecule has 60 heavy (non-hydrogen) atoms. The van der Waals surface area contributed by atoms with E-state index >= 15 is 0 Å². The summed E-state index contributed by atoms with van der Waals surface area (Å²) in [7, 11) is 11.1. The molecule has 27 aliphatic rings. The van der Waals surface area contributed by atoms with Crippen molar-refractivity contribution in [2.75, 3.05) is 0 Å². The number of hydrogen-bond donors (Lipinski definition) is 0. The highest BCUT2D eigenvalue weighted by atomic mass is 33.1. The lowest BCUT2D eigenvalue weighted by atomic mass is 10.1. The normalized spacial score (nSPS) is 14.2. The fraction of sp³-hybridized carbons (Fsp3) is 0.125. The quantitative estimate of drug-likeness (QED) is 0.136. The zero-order valence-corrected chi connectivity index (χ0v) is 37.1. The minimum atomic E-state index is 0.670. The van der Waals surface area contributed by atoms with E-state index in [1.807, 2.05) is 64.8 Å². The summed E-state index contributed by atoms with van der Waals surface area (Å²) in [5.74, 6) is 9.36. The van der Waals surface area contributed by atoms with Gasteiger partial charge in [-0.2, -0.15) is 0 Å². The third-order valence-corrected chi connectivity index (χ3v) is 17.0. The van der Waals surface area contributed by atoms with Crippen LogP contribution in [0.5, 0.6) is 0 Å². The predicted molar refractivity (Wildman–Crippen MR) is 260 cm³/mol. The average Bonchev–Trinajstić information content (AvgIpc) is 3.31. The third kappa shape index (κ3) is 9.49. The maximum absolute atomic E-state index is 5.04. The Kier molecular flexibility index (Phi) is 12.3. The van der Waals surface area contributed by atoms with Crippen molar-refractivity contribution >= 4 is 64.8 Å². The van der Waals surface area contributed by atoms with Crippen molar-refractivity contribution in [1.82, 2.24) is 29.9 Å². The van der Waals surface area contributed by atoms with Gasteiger partial charge in [-0.1, -0.05) is 210 Å². The fourth-order valence-corrected chi connectivity index (χ4v) is 13.1. The summed E-state index contributed by atoms with van der Waals surface area (Å²) in [6.45, 7) is 0. The zero-order valence-electron chi connectivity index (χ0n) is 32.2. The summed E-state index contributed by atoms with van der Waals surface area (Å²) in [6, 6.07) is 51.9. The lowest BCUT2D eigenvalue weighted by molar-refractivity contribution is 1.07. The Morgan fingerprint density at radius 2 is 0.333 bits per heavy atom. The van der Waals surface area contributed by atoms with Crippen LogP contribution in [0.4, 0.5) is 0 Å². The molecule has 12 heteroatoms. The molecule has 0 saturated heterocycles. The molecular weight excluding hydrogens is 853 g/mol. The van der Waals surface area contributed by atoms with E-state index in [4.69, 9.17) is 29.9 Å². The Hall–Kier alpha value is -4.56. The van der Waals surface area contributed by atoms with Gasteiger partial charge >= 0.3 is 0 Å². The van der Waals surface area contributed by atoms with E-state index < -0.39 is 0 Å². The van der Waals surface area contributed by atoms with Gasteiger partial charge in [0.25, 0.3) is 0 Å². The van der Waals surface area contributed by atoms with E-state index in [1.165, 1.54) is 33.4 Å². The largest absolute Gasteiger partial charge is 0.208 e. The second kappa shape index (κ2) is 18.6. The second-order valence-electron chi connectivity index (χ2n) is 14.4. The van der Waals surface area contributed by atoms with E-state index in [0.717, 1.165) is 67.9 Å². The molecule has 0 fully saturated rings. The lowest BCUT2D eigenvalue weighted by Crippen LogP contribution is -2.00. The molecule has 29 heterocycles. The number of nitrogens with zero attached hydrogens (tertiary/aromatic N) is 6. The molecule has 35 rings (SSSR count). The minimum Gasteiger partial charge on any atom is -0.208 e. The summed E-state index contributed by atoms with van der Waals surface area (Å²) < 4.78 is 0. The molecule has 0 amide bonds. The van der Waals surface area contributed by atoms with Crippen LogP contribution in [0.15, 0.2) is 146 Å². The molecular formula is C48H36N6S6. The Morgan fingerprint density at radius 1 is 0.200 bits per heavy atom. The highest BCUT2D eigenvalue weighted by molar-refractivity contribution is 8.76. The first kappa shape index (κ1) is 39.6. The minimum absolute atomic E-state index is 0.670. The van der Waals surface area contributed by atoms with Crippen LogP contribution in [0.25, 0.3) is 68.3 Å². The van der Waals surface area contributed by atoms with Gasteiger partial charge in [0.2, 0.25) is 0 Å². The van der Waals surface area contributed by atoms with Gasteiger partial charge in [0.15, 0.2) is 34.9 Å². The van der Waals surface area contributed by atoms with Crippen LogP contribution in [-0.2, 0) is 34.5 Å². The molecule has 0 N–H and O–H groups in total. The van der Waals surface area contributed by atoms with Crippen LogP contribution in [0.3, 0.4) is 0 Å². The van der Waals surface area contributed by atoms with E-state index in [-0.39, 0.29) is 0 Å². The van der Waals surface area contributed by atoms with Crippen LogP contribution >= 0.6 is 64.8 Å². The van der Waals surface area contributed by atoms with Crippen LogP contribution in [0.2, 0.25) is 0 Å². The summed E-state index contributed by atoms with van der Waals surface area (Å²) in [5, 5.41) is 0. The number of aromatic nitrogens is 6. The van der Waals surface area contributed by atoms with Crippen molar-refractivity contribution in [3.8, 4) is 68.3 Å². The Labute approximate surface area is 373 Å². The molecule has 2 aromatic heterocycles. The van der Waals surface area contributed by atoms with Crippen molar-refractivity contribution in [2.45, 2.75) is 34.5 Å². The summed E-state index contributed by atoms with van der Waals surface area (Å²) in [6.07, 6.45) is 0. The van der Waals surface area contributed by atoms with E-state index in [9.17, 15) is 0 Å². The molecule has 0 spiro atoms. The van der Waals surface area contributed by atoms with Gasteiger partial charge < -0.3 is 0 Å². The molecule has 6 aromatic carbocycles. The van der Waals surface area contributed by atoms with Gasteiger partial charge in [0.1, 0.15) is 0 Å². The molecule has 0 radical (unpaired) electrons. The average molecular weight is 889 g/mol. The Bertz CT molecular complexity index is 2210. The number of hydrogen-bond acceptors (Lipinski definition) is 12. The molecule has 0 saturated carbocycles. The molecule has 18 bridgehead atoms. The molecule has 0 aliphatic carbocycles. The first-order chi connectivity index (χ1) is 29.6. The van der Waals surface area contributed by atoms with Crippen LogP contribution in [0.1, 0.15) is 33.4 Å². The number of benzene rings is 6. The van der Waals surface area contributed by atoms with E-state index in [0.29, 0.717) is 34.9 Å². The van der Waals surface area contributed by atoms with Crippen molar-refractivity contribution in [2.24, 2.45) is 0 Å². The van der Waals surface area contributed by atoms with Crippen LogP contribution in [0, 0.1) is 0 Å². The van der Waals surface area contributed by atoms with Gasteiger partial charge in [-0.05, 0) is 33.4 Å². The van der Waals surface area contributed by atoms with E-state index in [1.54, 1.807) is 0 Å². The monoisotopic (exact) mass is 888 g/mol. The third-order valence-electron chi connectivity index (χ3n) is 10.1. The molecule has 27 aliphatic heterocycles. The highest BCUT2D eigenvalue weighted by Crippen LogP contribution is 2.35. The van der Waals surface area contributed by atoms with Crippen LogP contribution in [-0.4, -0.2) is 29.9 Å². The second-order valence-corrected chi connectivity index (χ2v) is 21.8. The van der Waals surface area contributed by atoms with Gasteiger partial charge in [0.05, 0.1) is 0 Å². The molecule has 8 aromatic rings. The highest BCUT2D eigenvalue weighted by Gasteiger charge is 2.16. The van der Waals surface area contributed by atoms with Gasteiger partial charge in [-0.3, -0.25) is 0 Å². The van der Waals surface area contributed by atoms with Crippen molar-refractivity contribution in [1.29, 1.82) is 0 Å². The van der Waals surface area contributed by atoms with Gasteiger partial charge in [-0.15, -0.1) is 0 Å². The maximum Gasteiger partial charge on any atom is 0.164 e. The maximum atomic E-state index is 5.04. The molecule has 294 valence electrons. The zero-order chi connectivity index (χ0) is 40.1. The predicted octanol–water partition coefficient (Wildman–Crippen LogP) is 13.9. The Balaban J connectivity index is 1.06. The van der Waals surface area contributed by atoms with E-state index in [2.05, 4.69) is 146 Å². The summed E-state index contributed by atoms with van der Waals surface area (Å²) in [4.78, 5) is 30.3. The smallest absolute Gasteiger partial charge is 0.164 e. The number of rotatable bonds is 0. The Morgan fingerprint density at radius 3 is 0.467 bits per heavy atom. The SMILES string of the molecule is c1cc2ccc1CSSCc1ccc(cc1)-c1nc3nc(n1)-c1ccc(cc1)CSSCc1ccc(cc1)-c1nc-2nc(n1)-c1ccc(cc1)CSSCc1ccc-3cc1. The molecule has 0 atom stereocenters. The van der Waals surface area contributed by atoms with Crippen molar-refractivity contribution in [3.63, 3.8) is 0 Å². The van der Waals surface area contributed by atoms with Crippen molar-refractivity contribution in [3.05, 3.63) is 179 Å². The summed E-state index contributed by atoms with van der Waals surface area (Å²) in [5.41, 5.74) is 13.3. The lowest BCUT2D eigenvalue weighted by Gasteiger charge is -2.11. The molecule has 0 unspecified atom stereocenters. The van der Waals surface area contributed by atoms with Gasteiger partial charge in [-0.25, -0.2) is 29.9 Å². The standard InChI is InChI=1S/C48H36N6S6/c1-13-37-14-2-31(1)25-55-56-26-32-3-19-40(20-4-32)46-52-47-41-21-9-35(10-22-41)29-59-57-27-33-5-15-38(16-6-33)44-49-43(37)50-45(51-44)39-17-7-34(8-18-39)28-58-60-30-36-11-23-42(24-12-36)48(53-46)54-47/h1-24H,25-30H2. The first-order valence-electron chi connectivity index (χ1n) is 19.5. The topological polar surface area (TPSA) is 77.3 Å². The fourth-order valence-electron chi connectivity index (χ4n) is 6.68. The van der Waals surface area contributed by atoms with Gasteiger partial charge in [0, 0.05) is 67.9 Å².